The summed E-state index contributed by atoms with van der Waals surface area (Å²) in [6, 6.07) is 0. The van der Waals surface area contributed by atoms with Gasteiger partial charge in [-0.05, 0) is 19.3 Å². The van der Waals surface area contributed by atoms with E-state index in [-0.39, 0.29) is 5.78 Å². The van der Waals surface area contributed by atoms with E-state index < -0.39 is 5.60 Å². The predicted octanol–water partition coefficient (Wildman–Crippen LogP) is 3.00. The lowest BCUT2D eigenvalue weighted by atomic mass is 9.86. The maximum Gasteiger partial charge on any atom is 0.168 e. The fourth-order valence-electron chi connectivity index (χ4n) is 2.11. The van der Waals surface area contributed by atoms with E-state index >= 15 is 0 Å². The zero-order valence-electron chi connectivity index (χ0n) is 9.72. The summed E-state index contributed by atoms with van der Waals surface area (Å²) < 4.78 is 0. The van der Waals surface area contributed by atoms with Crippen molar-refractivity contribution in [3.05, 3.63) is 12.2 Å². The second-order valence-corrected chi connectivity index (χ2v) is 4.65. The molecule has 0 spiro atoms. The molecule has 2 heteroatoms. The normalized spacial score (nSPS) is 20.7. The molecule has 1 fully saturated rings. The fourth-order valence-corrected chi connectivity index (χ4v) is 2.11. The first-order valence-electron chi connectivity index (χ1n) is 6.01. The number of hydrogen-bond donors (Lipinski definition) is 1. The van der Waals surface area contributed by atoms with E-state index in [0.29, 0.717) is 19.3 Å². The summed E-state index contributed by atoms with van der Waals surface area (Å²) in [6.45, 7) is 5.82. The summed E-state index contributed by atoms with van der Waals surface area (Å²) in [6.07, 6.45) is 6.69. The van der Waals surface area contributed by atoms with Gasteiger partial charge in [0.05, 0.1) is 0 Å². The standard InChI is InChI=1S/C13H22O2/c1-3-11(2)10-12(14)13(15)8-6-4-5-7-9-13/h15H,2-10H2,1H3. The van der Waals surface area contributed by atoms with Crippen molar-refractivity contribution in [2.75, 3.05) is 0 Å². The Labute approximate surface area is 92.4 Å². The van der Waals surface area contributed by atoms with E-state index in [1.807, 2.05) is 6.92 Å². The van der Waals surface area contributed by atoms with E-state index in [9.17, 15) is 9.90 Å². The van der Waals surface area contributed by atoms with Crippen LogP contribution in [-0.4, -0.2) is 16.5 Å². The third-order valence-corrected chi connectivity index (χ3v) is 3.36. The Morgan fingerprint density at radius 2 is 1.80 bits per heavy atom. The van der Waals surface area contributed by atoms with Gasteiger partial charge in [0.25, 0.3) is 0 Å². The second kappa shape index (κ2) is 5.45. The van der Waals surface area contributed by atoms with E-state index in [0.717, 1.165) is 37.7 Å². The molecule has 0 aromatic rings. The summed E-state index contributed by atoms with van der Waals surface area (Å²) >= 11 is 0. The third kappa shape index (κ3) is 3.45. The molecular weight excluding hydrogens is 188 g/mol. The number of hydrogen-bond acceptors (Lipinski definition) is 2. The Morgan fingerprint density at radius 3 is 2.27 bits per heavy atom. The van der Waals surface area contributed by atoms with Crippen LogP contribution in [0.3, 0.4) is 0 Å². The third-order valence-electron chi connectivity index (χ3n) is 3.36. The molecule has 0 radical (unpaired) electrons. The highest BCUT2D eigenvalue weighted by Gasteiger charge is 2.35. The van der Waals surface area contributed by atoms with Crippen molar-refractivity contribution in [1.82, 2.24) is 0 Å². The molecular formula is C13H22O2. The van der Waals surface area contributed by atoms with Crippen molar-refractivity contribution in [2.24, 2.45) is 0 Å². The number of Topliss-reactive ketones (excluding diaryl/α,β-unsaturated/α-hetero) is 1. The minimum atomic E-state index is -1.05. The first kappa shape index (κ1) is 12.4. The quantitative estimate of drug-likeness (QED) is 0.572. The van der Waals surface area contributed by atoms with Crippen molar-refractivity contribution in [3.8, 4) is 0 Å². The number of carbonyl (C=O) groups is 1. The molecule has 0 heterocycles. The largest absolute Gasteiger partial charge is 0.382 e. The van der Waals surface area contributed by atoms with Crippen LogP contribution < -0.4 is 0 Å². The number of rotatable bonds is 4. The van der Waals surface area contributed by atoms with Crippen molar-refractivity contribution < 1.29 is 9.90 Å². The summed E-state index contributed by atoms with van der Waals surface area (Å²) in [5.41, 5.74) is -0.119. The van der Waals surface area contributed by atoms with Gasteiger partial charge in [-0.25, -0.2) is 0 Å². The van der Waals surface area contributed by atoms with Crippen molar-refractivity contribution >= 4 is 5.78 Å². The molecule has 0 bridgehead atoms. The summed E-state index contributed by atoms with van der Waals surface area (Å²) in [4.78, 5) is 11.9. The van der Waals surface area contributed by atoms with Crippen LogP contribution in [0.4, 0.5) is 0 Å². The van der Waals surface area contributed by atoms with Gasteiger partial charge in [0.15, 0.2) is 5.78 Å². The van der Waals surface area contributed by atoms with Crippen molar-refractivity contribution in [1.29, 1.82) is 0 Å². The number of allylic oxidation sites excluding steroid dienone is 1. The average Bonchev–Trinajstić information content (AvgIpc) is 2.44. The SMILES string of the molecule is C=C(CC)CC(=O)C1(O)CCCCCC1. The van der Waals surface area contributed by atoms with Gasteiger partial charge in [0, 0.05) is 6.42 Å². The molecule has 1 saturated carbocycles. The Balaban J connectivity index is 2.58. The Morgan fingerprint density at radius 1 is 1.27 bits per heavy atom. The molecule has 0 aromatic heterocycles. The summed E-state index contributed by atoms with van der Waals surface area (Å²) in [7, 11) is 0. The lowest BCUT2D eigenvalue weighted by Crippen LogP contribution is -2.38. The predicted molar refractivity (Wildman–Crippen MR) is 61.7 cm³/mol. The molecule has 0 unspecified atom stereocenters. The minimum absolute atomic E-state index is 0.0174. The molecule has 0 saturated heterocycles. The molecule has 2 nitrogen and oxygen atoms in total. The summed E-state index contributed by atoms with van der Waals surface area (Å²) in [5.74, 6) is -0.0174. The van der Waals surface area contributed by atoms with E-state index in [1.54, 1.807) is 0 Å². The maximum absolute atomic E-state index is 11.9. The van der Waals surface area contributed by atoms with Crippen LogP contribution in [0.1, 0.15) is 58.3 Å². The van der Waals surface area contributed by atoms with Crippen LogP contribution in [-0.2, 0) is 4.79 Å². The van der Waals surface area contributed by atoms with Gasteiger partial charge in [0.2, 0.25) is 0 Å². The van der Waals surface area contributed by atoms with Crippen LogP contribution in [0.5, 0.6) is 0 Å². The van der Waals surface area contributed by atoms with E-state index in [2.05, 4.69) is 6.58 Å². The van der Waals surface area contributed by atoms with E-state index in [4.69, 9.17) is 0 Å². The first-order chi connectivity index (χ1) is 7.08. The minimum Gasteiger partial charge on any atom is -0.382 e. The highest BCUT2D eigenvalue weighted by Crippen LogP contribution is 2.29. The Hall–Kier alpha value is -0.630. The van der Waals surface area contributed by atoms with Crippen LogP contribution in [0.15, 0.2) is 12.2 Å². The van der Waals surface area contributed by atoms with Crippen LogP contribution in [0.25, 0.3) is 0 Å². The van der Waals surface area contributed by atoms with Crippen molar-refractivity contribution in [3.63, 3.8) is 0 Å². The highest BCUT2D eigenvalue weighted by atomic mass is 16.3. The molecule has 0 amide bonds. The molecule has 0 aliphatic heterocycles. The molecule has 86 valence electrons. The van der Waals surface area contributed by atoms with Crippen LogP contribution in [0.2, 0.25) is 0 Å². The smallest absolute Gasteiger partial charge is 0.168 e. The zero-order chi connectivity index (χ0) is 11.3. The van der Waals surface area contributed by atoms with Gasteiger partial charge in [-0.2, -0.15) is 0 Å². The highest BCUT2D eigenvalue weighted by molar-refractivity contribution is 5.88. The van der Waals surface area contributed by atoms with Gasteiger partial charge in [-0.3, -0.25) is 4.79 Å². The first-order valence-corrected chi connectivity index (χ1v) is 6.01. The maximum atomic E-state index is 11.9. The van der Waals surface area contributed by atoms with Gasteiger partial charge in [0.1, 0.15) is 5.60 Å². The number of aliphatic hydroxyl groups is 1. The summed E-state index contributed by atoms with van der Waals surface area (Å²) in [5, 5.41) is 10.3. The lowest BCUT2D eigenvalue weighted by Gasteiger charge is -2.25. The molecule has 1 rings (SSSR count). The molecule has 1 N–H and O–H groups in total. The van der Waals surface area contributed by atoms with Gasteiger partial charge >= 0.3 is 0 Å². The van der Waals surface area contributed by atoms with Gasteiger partial charge < -0.3 is 5.11 Å². The van der Waals surface area contributed by atoms with Crippen LogP contribution in [0, 0.1) is 0 Å². The van der Waals surface area contributed by atoms with Crippen molar-refractivity contribution in [2.45, 2.75) is 63.9 Å². The van der Waals surface area contributed by atoms with E-state index in [1.165, 1.54) is 0 Å². The van der Waals surface area contributed by atoms with Crippen LogP contribution >= 0.6 is 0 Å². The Kier molecular flexibility index (Phi) is 4.52. The average molecular weight is 210 g/mol. The second-order valence-electron chi connectivity index (χ2n) is 4.65. The van der Waals surface area contributed by atoms with Gasteiger partial charge in [-0.15, -0.1) is 0 Å². The Bertz CT molecular complexity index is 235. The topological polar surface area (TPSA) is 37.3 Å². The molecule has 1 aliphatic carbocycles. The molecule has 15 heavy (non-hydrogen) atoms. The number of ketones is 1. The zero-order valence-corrected chi connectivity index (χ0v) is 9.72. The molecule has 1 aliphatic rings. The molecule has 0 atom stereocenters. The lowest BCUT2D eigenvalue weighted by molar-refractivity contribution is -0.138. The monoisotopic (exact) mass is 210 g/mol. The number of carbonyl (C=O) groups excluding carboxylic acids is 1. The fraction of sp³-hybridized carbons (Fsp3) is 0.769. The van der Waals surface area contributed by atoms with Gasteiger partial charge in [-0.1, -0.05) is 44.8 Å². The molecule has 0 aromatic carbocycles.